The van der Waals surface area contributed by atoms with E-state index in [0.29, 0.717) is 18.2 Å². The zero-order valence-electron chi connectivity index (χ0n) is 12.2. The van der Waals surface area contributed by atoms with E-state index < -0.39 is 11.6 Å². The predicted molar refractivity (Wildman–Crippen MR) is 75.9 cm³/mol. The summed E-state index contributed by atoms with van der Waals surface area (Å²) in [4.78, 5) is 0. The van der Waals surface area contributed by atoms with Crippen LogP contribution < -0.4 is 10.1 Å². The Morgan fingerprint density at radius 3 is 2.62 bits per heavy atom. The minimum absolute atomic E-state index is 0.00674. The molecule has 0 atom stereocenters. The molecule has 0 bridgehead atoms. The van der Waals surface area contributed by atoms with Crippen LogP contribution in [0.1, 0.15) is 25.4 Å². The topological polar surface area (TPSA) is 34.4 Å². The fourth-order valence-corrected chi connectivity index (χ4v) is 1.82. The molecule has 21 heavy (non-hydrogen) atoms. The second kappa shape index (κ2) is 7.22. The van der Waals surface area contributed by atoms with E-state index in [4.69, 9.17) is 9.15 Å². The molecule has 2 rings (SSSR count). The molecular weight excluding hydrogens is 276 g/mol. The summed E-state index contributed by atoms with van der Waals surface area (Å²) in [6.45, 7) is 5.92. The van der Waals surface area contributed by atoms with Crippen molar-refractivity contribution in [3.05, 3.63) is 53.5 Å². The Labute approximate surface area is 122 Å². The Balaban J connectivity index is 1.85. The minimum atomic E-state index is -0.722. The lowest BCUT2D eigenvalue weighted by Gasteiger charge is -2.06. The van der Waals surface area contributed by atoms with Crippen molar-refractivity contribution in [1.82, 2.24) is 5.32 Å². The normalized spacial score (nSPS) is 11.1. The van der Waals surface area contributed by atoms with Crippen molar-refractivity contribution < 1.29 is 17.9 Å². The van der Waals surface area contributed by atoms with Gasteiger partial charge in [0, 0.05) is 6.07 Å². The van der Waals surface area contributed by atoms with Crippen LogP contribution in [0.5, 0.6) is 5.75 Å². The molecule has 0 fully saturated rings. The van der Waals surface area contributed by atoms with E-state index in [2.05, 4.69) is 19.2 Å². The van der Waals surface area contributed by atoms with Crippen LogP contribution in [0.2, 0.25) is 0 Å². The first-order valence-corrected chi connectivity index (χ1v) is 6.90. The van der Waals surface area contributed by atoms with Gasteiger partial charge in [-0.1, -0.05) is 13.8 Å². The van der Waals surface area contributed by atoms with Gasteiger partial charge in [0.05, 0.1) is 6.54 Å². The summed E-state index contributed by atoms with van der Waals surface area (Å²) in [6, 6.07) is 6.85. The zero-order chi connectivity index (χ0) is 15.2. The number of hydrogen-bond donors (Lipinski definition) is 1. The van der Waals surface area contributed by atoms with E-state index in [9.17, 15) is 8.78 Å². The molecule has 0 spiro atoms. The molecule has 0 radical (unpaired) electrons. The van der Waals surface area contributed by atoms with Crippen LogP contribution in [0.25, 0.3) is 0 Å². The Hall–Kier alpha value is -1.88. The predicted octanol–water partition coefficient (Wildman–Crippen LogP) is 3.88. The zero-order valence-corrected chi connectivity index (χ0v) is 12.2. The summed E-state index contributed by atoms with van der Waals surface area (Å²) in [5, 5.41) is 3.27. The molecule has 1 heterocycles. The van der Waals surface area contributed by atoms with Crippen molar-refractivity contribution in [2.24, 2.45) is 5.92 Å². The SMILES string of the molecule is CC(C)CNCc1ccc(COc2ccc(F)cc2F)o1. The molecule has 0 aliphatic heterocycles. The van der Waals surface area contributed by atoms with Crippen molar-refractivity contribution in [2.45, 2.75) is 27.0 Å². The fourth-order valence-electron chi connectivity index (χ4n) is 1.82. The van der Waals surface area contributed by atoms with Crippen molar-refractivity contribution >= 4 is 0 Å². The van der Waals surface area contributed by atoms with E-state index in [0.717, 1.165) is 24.4 Å². The highest BCUT2D eigenvalue weighted by Gasteiger charge is 2.07. The lowest BCUT2D eigenvalue weighted by Crippen LogP contribution is -2.18. The van der Waals surface area contributed by atoms with E-state index in [1.54, 1.807) is 6.07 Å². The first-order chi connectivity index (χ1) is 10.0. The molecule has 3 nitrogen and oxygen atoms in total. The fraction of sp³-hybridized carbons (Fsp3) is 0.375. The van der Waals surface area contributed by atoms with Crippen molar-refractivity contribution in [1.29, 1.82) is 0 Å². The Kier molecular flexibility index (Phi) is 5.33. The number of hydrogen-bond acceptors (Lipinski definition) is 3. The maximum atomic E-state index is 13.4. The van der Waals surface area contributed by atoms with Gasteiger partial charge in [0.25, 0.3) is 0 Å². The standard InChI is InChI=1S/C16H19F2NO2/c1-11(2)8-19-9-13-4-5-14(21-13)10-20-16-6-3-12(17)7-15(16)18/h3-7,11,19H,8-10H2,1-2H3. The van der Waals surface area contributed by atoms with Gasteiger partial charge in [-0.25, -0.2) is 8.78 Å². The van der Waals surface area contributed by atoms with E-state index in [1.807, 2.05) is 6.07 Å². The highest BCUT2D eigenvalue weighted by atomic mass is 19.1. The van der Waals surface area contributed by atoms with Crippen LogP contribution in [-0.4, -0.2) is 6.54 Å². The lowest BCUT2D eigenvalue weighted by atomic mass is 10.2. The van der Waals surface area contributed by atoms with Crippen LogP contribution in [0.3, 0.4) is 0 Å². The quantitative estimate of drug-likeness (QED) is 0.841. The van der Waals surface area contributed by atoms with Crippen molar-refractivity contribution in [3.8, 4) is 5.75 Å². The van der Waals surface area contributed by atoms with Gasteiger partial charge in [0.2, 0.25) is 0 Å². The van der Waals surface area contributed by atoms with Gasteiger partial charge >= 0.3 is 0 Å². The van der Waals surface area contributed by atoms with Gasteiger partial charge in [0.1, 0.15) is 23.9 Å². The average Bonchev–Trinajstić information content (AvgIpc) is 2.85. The van der Waals surface area contributed by atoms with Crippen LogP contribution in [0.15, 0.2) is 34.7 Å². The molecule has 1 aromatic carbocycles. The molecule has 0 aliphatic rings. The van der Waals surface area contributed by atoms with Crippen molar-refractivity contribution in [2.75, 3.05) is 6.54 Å². The summed E-state index contributed by atoms with van der Waals surface area (Å²) in [5.74, 6) is 0.627. The van der Waals surface area contributed by atoms with Gasteiger partial charge in [-0.15, -0.1) is 0 Å². The number of ether oxygens (including phenoxy) is 1. The third-order valence-electron chi connectivity index (χ3n) is 2.83. The van der Waals surface area contributed by atoms with Crippen LogP contribution >= 0.6 is 0 Å². The number of rotatable bonds is 7. The molecule has 114 valence electrons. The van der Waals surface area contributed by atoms with E-state index in [1.165, 1.54) is 6.07 Å². The number of nitrogens with one attached hydrogen (secondary N) is 1. The number of benzene rings is 1. The molecule has 1 aromatic heterocycles. The summed E-state index contributed by atoms with van der Waals surface area (Å²) in [7, 11) is 0. The van der Waals surface area contributed by atoms with E-state index in [-0.39, 0.29) is 12.4 Å². The monoisotopic (exact) mass is 295 g/mol. The third kappa shape index (κ3) is 4.86. The summed E-state index contributed by atoms with van der Waals surface area (Å²) >= 11 is 0. The maximum absolute atomic E-state index is 13.4. The van der Waals surface area contributed by atoms with Gasteiger partial charge < -0.3 is 14.5 Å². The average molecular weight is 295 g/mol. The Morgan fingerprint density at radius 1 is 1.14 bits per heavy atom. The smallest absolute Gasteiger partial charge is 0.167 e. The first-order valence-electron chi connectivity index (χ1n) is 6.90. The van der Waals surface area contributed by atoms with Gasteiger partial charge in [-0.05, 0) is 36.7 Å². The molecule has 0 saturated heterocycles. The summed E-state index contributed by atoms with van der Waals surface area (Å²) in [6.07, 6.45) is 0. The molecule has 0 saturated carbocycles. The maximum Gasteiger partial charge on any atom is 0.167 e. The number of halogens is 2. The summed E-state index contributed by atoms with van der Waals surface area (Å²) in [5.41, 5.74) is 0. The minimum Gasteiger partial charge on any atom is -0.483 e. The molecular formula is C16H19F2NO2. The largest absolute Gasteiger partial charge is 0.483 e. The number of furan rings is 1. The molecule has 0 aliphatic carbocycles. The Morgan fingerprint density at radius 2 is 1.90 bits per heavy atom. The molecule has 0 amide bonds. The van der Waals surface area contributed by atoms with E-state index >= 15 is 0 Å². The second-order valence-corrected chi connectivity index (χ2v) is 5.26. The molecule has 2 aromatic rings. The van der Waals surface area contributed by atoms with Crippen LogP contribution in [0, 0.1) is 17.6 Å². The van der Waals surface area contributed by atoms with Gasteiger partial charge in [-0.3, -0.25) is 0 Å². The molecule has 1 N–H and O–H groups in total. The highest BCUT2D eigenvalue weighted by Crippen LogP contribution is 2.19. The van der Waals surface area contributed by atoms with Gasteiger partial charge in [-0.2, -0.15) is 0 Å². The lowest BCUT2D eigenvalue weighted by molar-refractivity contribution is 0.253. The van der Waals surface area contributed by atoms with Gasteiger partial charge in [0.15, 0.2) is 11.6 Å². The second-order valence-electron chi connectivity index (χ2n) is 5.26. The van der Waals surface area contributed by atoms with Crippen LogP contribution in [0.4, 0.5) is 8.78 Å². The summed E-state index contributed by atoms with van der Waals surface area (Å²) < 4.78 is 37.0. The molecule has 0 unspecified atom stereocenters. The van der Waals surface area contributed by atoms with Crippen molar-refractivity contribution in [3.63, 3.8) is 0 Å². The Bertz CT molecular complexity index is 581. The first kappa shape index (κ1) is 15.5. The molecule has 5 heteroatoms. The van der Waals surface area contributed by atoms with Crippen LogP contribution in [-0.2, 0) is 13.2 Å². The third-order valence-corrected chi connectivity index (χ3v) is 2.83. The highest BCUT2D eigenvalue weighted by molar-refractivity contribution is 5.24.